The maximum Gasteiger partial charge on any atom is 0.267 e. The SMILES string of the molecule is C[C@@H](O)c1nc2cccc(Cl)c2c(=O)n1-c1ccccc1. The maximum atomic E-state index is 12.8. The van der Waals surface area contributed by atoms with E-state index in [9.17, 15) is 9.90 Å². The summed E-state index contributed by atoms with van der Waals surface area (Å²) < 4.78 is 1.40. The number of hydrogen-bond donors (Lipinski definition) is 1. The molecule has 0 aliphatic rings. The second-order valence-corrected chi connectivity index (χ2v) is 5.16. The second kappa shape index (κ2) is 5.31. The molecule has 4 nitrogen and oxygen atoms in total. The fourth-order valence-electron chi connectivity index (χ4n) is 2.31. The molecule has 3 aromatic rings. The number of halogens is 1. The molecule has 3 rings (SSSR count). The van der Waals surface area contributed by atoms with Gasteiger partial charge in [0.25, 0.3) is 5.56 Å². The highest BCUT2D eigenvalue weighted by molar-refractivity contribution is 6.35. The van der Waals surface area contributed by atoms with Crippen molar-refractivity contribution in [3.63, 3.8) is 0 Å². The summed E-state index contributed by atoms with van der Waals surface area (Å²) in [5.74, 6) is 0.293. The van der Waals surface area contributed by atoms with Gasteiger partial charge in [-0.3, -0.25) is 9.36 Å². The number of benzene rings is 2. The summed E-state index contributed by atoms with van der Waals surface area (Å²) in [6, 6.07) is 14.2. The number of aliphatic hydroxyl groups is 1. The van der Waals surface area contributed by atoms with Crippen molar-refractivity contribution in [2.24, 2.45) is 0 Å². The number of fused-ring (bicyclic) bond motifs is 1. The third-order valence-electron chi connectivity index (χ3n) is 3.26. The third kappa shape index (κ3) is 2.33. The number of hydrogen-bond acceptors (Lipinski definition) is 3. The fourth-order valence-corrected chi connectivity index (χ4v) is 2.56. The van der Waals surface area contributed by atoms with Gasteiger partial charge in [0.15, 0.2) is 0 Å². The van der Waals surface area contributed by atoms with Crippen molar-refractivity contribution in [3.05, 3.63) is 69.7 Å². The molecule has 106 valence electrons. The molecule has 1 heterocycles. The molecule has 0 fully saturated rings. The molecule has 0 aliphatic heterocycles. The van der Waals surface area contributed by atoms with Gasteiger partial charge >= 0.3 is 0 Å². The van der Waals surface area contributed by atoms with Crippen molar-refractivity contribution in [2.45, 2.75) is 13.0 Å². The minimum Gasteiger partial charge on any atom is -0.385 e. The Bertz CT molecular complexity index is 857. The van der Waals surface area contributed by atoms with E-state index in [1.54, 1.807) is 37.3 Å². The molecule has 0 saturated carbocycles. The normalized spacial score (nSPS) is 12.5. The lowest BCUT2D eigenvalue weighted by Gasteiger charge is -2.15. The topological polar surface area (TPSA) is 55.1 Å². The molecule has 21 heavy (non-hydrogen) atoms. The van der Waals surface area contributed by atoms with Crippen LogP contribution in [0.15, 0.2) is 53.3 Å². The first-order chi connectivity index (χ1) is 10.1. The van der Waals surface area contributed by atoms with Crippen LogP contribution in [0.3, 0.4) is 0 Å². The van der Waals surface area contributed by atoms with Gasteiger partial charge in [0, 0.05) is 0 Å². The Labute approximate surface area is 126 Å². The molecule has 1 atom stereocenters. The molecule has 0 aliphatic carbocycles. The van der Waals surface area contributed by atoms with Crippen LogP contribution in [-0.4, -0.2) is 14.7 Å². The summed E-state index contributed by atoms with van der Waals surface area (Å²) in [4.78, 5) is 17.2. The highest BCUT2D eigenvalue weighted by Crippen LogP contribution is 2.22. The van der Waals surface area contributed by atoms with Gasteiger partial charge in [0.05, 0.1) is 21.6 Å². The second-order valence-electron chi connectivity index (χ2n) is 4.76. The summed E-state index contributed by atoms with van der Waals surface area (Å²) in [6.45, 7) is 1.58. The average molecular weight is 301 g/mol. The zero-order chi connectivity index (χ0) is 15.0. The molecule has 0 unspecified atom stereocenters. The van der Waals surface area contributed by atoms with E-state index in [2.05, 4.69) is 4.98 Å². The Hall–Kier alpha value is -2.17. The molecule has 1 N–H and O–H groups in total. The van der Waals surface area contributed by atoms with Crippen LogP contribution in [0.25, 0.3) is 16.6 Å². The minimum atomic E-state index is -0.874. The summed E-state index contributed by atoms with van der Waals surface area (Å²) >= 11 is 6.14. The molecule has 0 bridgehead atoms. The summed E-state index contributed by atoms with van der Waals surface area (Å²) in [5, 5.41) is 10.7. The van der Waals surface area contributed by atoms with Crippen LogP contribution in [0.2, 0.25) is 5.02 Å². The van der Waals surface area contributed by atoms with Gasteiger partial charge in [-0.05, 0) is 31.2 Å². The van der Waals surface area contributed by atoms with Crippen LogP contribution >= 0.6 is 11.6 Å². The highest BCUT2D eigenvalue weighted by atomic mass is 35.5. The first-order valence-electron chi connectivity index (χ1n) is 6.54. The molecule has 5 heteroatoms. The predicted octanol–water partition coefficient (Wildman–Crippen LogP) is 3.09. The lowest BCUT2D eigenvalue weighted by molar-refractivity contribution is 0.186. The quantitative estimate of drug-likeness (QED) is 0.791. The van der Waals surface area contributed by atoms with Gasteiger partial charge in [-0.1, -0.05) is 35.9 Å². The summed E-state index contributed by atoms with van der Waals surface area (Å²) in [6.07, 6.45) is -0.874. The van der Waals surface area contributed by atoms with Crippen LogP contribution in [0.5, 0.6) is 0 Å². The van der Waals surface area contributed by atoms with E-state index in [1.165, 1.54) is 4.57 Å². The van der Waals surface area contributed by atoms with Gasteiger partial charge in [0.1, 0.15) is 11.9 Å². The van der Waals surface area contributed by atoms with E-state index in [0.29, 0.717) is 27.4 Å². The zero-order valence-corrected chi connectivity index (χ0v) is 12.1. The van der Waals surface area contributed by atoms with E-state index >= 15 is 0 Å². The Kier molecular flexibility index (Phi) is 3.49. The van der Waals surface area contributed by atoms with Crippen molar-refractivity contribution < 1.29 is 5.11 Å². The first kappa shape index (κ1) is 13.8. The number of aromatic nitrogens is 2. The van der Waals surface area contributed by atoms with E-state index in [0.717, 1.165) is 0 Å². The van der Waals surface area contributed by atoms with Gasteiger partial charge in [-0.15, -0.1) is 0 Å². The smallest absolute Gasteiger partial charge is 0.267 e. The Morgan fingerprint density at radius 3 is 2.52 bits per heavy atom. The van der Waals surface area contributed by atoms with Crippen LogP contribution in [0.4, 0.5) is 0 Å². The average Bonchev–Trinajstić information content (AvgIpc) is 2.47. The van der Waals surface area contributed by atoms with Crippen molar-refractivity contribution in [3.8, 4) is 5.69 Å². The molecule has 0 saturated heterocycles. The van der Waals surface area contributed by atoms with Crippen LogP contribution in [-0.2, 0) is 0 Å². The van der Waals surface area contributed by atoms with Crippen LogP contribution < -0.4 is 5.56 Å². The Balaban J connectivity index is 2.47. The maximum absolute atomic E-state index is 12.8. The van der Waals surface area contributed by atoms with Crippen molar-refractivity contribution >= 4 is 22.5 Å². The molecule has 2 aromatic carbocycles. The minimum absolute atomic E-state index is 0.285. The number of rotatable bonds is 2. The van der Waals surface area contributed by atoms with Gasteiger partial charge in [-0.25, -0.2) is 4.98 Å². The molecule has 1 aromatic heterocycles. The molecule has 0 radical (unpaired) electrons. The van der Waals surface area contributed by atoms with Gasteiger partial charge in [0.2, 0.25) is 0 Å². The number of nitrogens with zero attached hydrogens (tertiary/aromatic N) is 2. The monoisotopic (exact) mass is 300 g/mol. The van der Waals surface area contributed by atoms with Crippen molar-refractivity contribution in [1.29, 1.82) is 0 Å². The summed E-state index contributed by atoms with van der Waals surface area (Å²) in [7, 11) is 0. The fraction of sp³-hybridized carbons (Fsp3) is 0.125. The standard InChI is InChI=1S/C16H13ClN2O2/c1-10(20)15-18-13-9-5-8-12(17)14(13)16(21)19(15)11-6-3-2-4-7-11/h2-10,20H,1H3/t10-/m1/s1. The number of aliphatic hydroxyl groups excluding tert-OH is 1. The molecule has 0 spiro atoms. The lowest BCUT2D eigenvalue weighted by atomic mass is 10.2. The Morgan fingerprint density at radius 2 is 1.86 bits per heavy atom. The summed E-state index contributed by atoms with van der Waals surface area (Å²) in [5.41, 5.74) is 0.844. The van der Waals surface area contributed by atoms with Gasteiger partial charge in [-0.2, -0.15) is 0 Å². The van der Waals surface area contributed by atoms with Gasteiger partial charge < -0.3 is 5.11 Å². The van der Waals surface area contributed by atoms with Crippen molar-refractivity contribution in [2.75, 3.05) is 0 Å². The lowest BCUT2D eigenvalue weighted by Crippen LogP contribution is -2.25. The molecular weight excluding hydrogens is 288 g/mol. The number of para-hydroxylation sites is 1. The van der Waals surface area contributed by atoms with E-state index in [-0.39, 0.29) is 5.56 Å². The zero-order valence-electron chi connectivity index (χ0n) is 11.3. The Morgan fingerprint density at radius 1 is 1.14 bits per heavy atom. The first-order valence-corrected chi connectivity index (χ1v) is 6.92. The molecular formula is C16H13ClN2O2. The van der Waals surface area contributed by atoms with E-state index in [1.807, 2.05) is 18.2 Å². The van der Waals surface area contributed by atoms with Crippen LogP contribution in [0, 0.1) is 0 Å². The van der Waals surface area contributed by atoms with Crippen LogP contribution in [0.1, 0.15) is 18.9 Å². The highest BCUT2D eigenvalue weighted by Gasteiger charge is 2.17. The van der Waals surface area contributed by atoms with E-state index in [4.69, 9.17) is 11.6 Å². The predicted molar refractivity (Wildman–Crippen MR) is 83.0 cm³/mol. The largest absolute Gasteiger partial charge is 0.385 e. The van der Waals surface area contributed by atoms with Crippen molar-refractivity contribution in [1.82, 2.24) is 9.55 Å². The van der Waals surface area contributed by atoms with E-state index < -0.39 is 6.10 Å². The third-order valence-corrected chi connectivity index (χ3v) is 3.58. The molecule has 0 amide bonds.